The van der Waals surface area contributed by atoms with Crippen LogP contribution in [0, 0.1) is 6.92 Å². The maximum atomic E-state index is 2.68. The highest BCUT2D eigenvalue weighted by atomic mass is 15.3. The van der Waals surface area contributed by atoms with Gasteiger partial charge in [-0.3, -0.25) is 9.80 Å². The number of aryl methyl sites for hydroxylation is 1. The molecule has 3 aromatic carbocycles. The van der Waals surface area contributed by atoms with Crippen LogP contribution >= 0.6 is 0 Å². The van der Waals surface area contributed by atoms with E-state index in [1.54, 1.807) is 0 Å². The molecule has 0 radical (unpaired) electrons. The number of fused-ring (bicyclic) bond motifs is 3. The predicted octanol–water partition coefficient (Wildman–Crippen LogP) is 4.88. The van der Waals surface area contributed by atoms with Gasteiger partial charge in [-0.15, -0.1) is 0 Å². The summed E-state index contributed by atoms with van der Waals surface area (Å²) in [6, 6.07) is 27.1. The fraction of sp³-hybridized carbons (Fsp3) is 0.280. The number of hydrogen-bond acceptors (Lipinski definition) is 2. The van der Waals surface area contributed by atoms with Gasteiger partial charge in [-0.1, -0.05) is 72.8 Å². The normalized spacial score (nSPS) is 17.7. The number of nitrogens with zero attached hydrogens (tertiary/aromatic N) is 2. The van der Waals surface area contributed by atoms with Crippen LogP contribution < -0.4 is 0 Å². The van der Waals surface area contributed by atoms with Crippen LogP contribution in [0.25, 0.3) is 11.1 Å². The molecule has 2 heteroatoms. The van der Waals surface area contributed by atoms with Gasteiger partial charge in [0.2, 0.25) is 0 Å². The van der Waals surface area contributed by atoms with Crippen LogP contribution in [-0.4, -0.2) is 36.0 Å². The van der Waals surface area contributed by atoms with E-state index in [2.05, 4.69) is 89.5 Å². The molecule has 0 saturated carbocycles. The van der Waals surface area contributed by atoms with E-state index in [-0.39, 0.29) is 0 Å². The Morgan fingerprint density at radius 1 is 0.704 bits per heavy atom. The highest BCUT2D eigenvalue weighted by molar-refractivity contribution is 5.78. The molecule has 0 aromatic heterocycles. The van der Waals surface area contributed by atoms with Crippen LogP contribution in [0.15, 0.2) is 72.8 Å². The molecule has 2 nitrogen and oxygen atoms in total. The summed E-state index contributed by atoms with van der Waals surface area (Å²) in [5.74, 6) is 0. The summed E-state index contributed by atoms with van der Waals surface area (Å²) < 4.78 is 0. The van der Waals surface area contributed by atoms with Gasteiger partial charge in [-0.25, -0.2) is 0 Å². The van der Waals surface area contributed by atoms with E-state index in [9.17, 15) is 0 Å². The summed E-state index contributed by atoms with van der Waals surface area (Å²) in [4.78, 5) is 5.28. The van der Waals surface area contributed by atoms with Crippen molar-refractivity contribution < 1.29 is 0 Å². The van der Waals surface area contributed by atoms with Crippen LogP contribution in [0.4, 0.5) is 0 Å². The largest absolute Gasteiger partial charge is 0.297 e. The van der Waals surface area contributed by atoms with E-state index in [0.29, 0.717) is 6.04 Å². The van der Waals surface area contributed by atoms with Crippen molar-refractivity contribution in [3.63, 3.8) is 0 Å². The van der Waals surface area contributed by atoms with E-state index >= 15 is 0 Å². The number of hydrogen-bond donors (Lipinski definition) is 0. The highest BCUT2D eigenvalue weighted by Gasteiger charge is 2.34. The maximum Gasteiger partial charge on any atom is 0.0614 e. The number of rotatable bonds is 3. The molecule has 0 amide bonds. The molecule has 0 spiro atoms. The smallest absolute Gasteiger partial charge is 0.0614 e. The van der Waals surface area contributed by atoms with Crippen molar-refractivity contribution in [1.29, 1.82) is 0 Å². The third-order valence-electron chi connectivity index (χ3n) is 6.23. The van der Waals surface area contributed by atoms with Crippen molar-refractivity contribution in [2.45, 2.75) is 19.5 Å². The lowest BCUT2D eigenvalue weighted by Crippen LogP contribution is -2.47. The number of piperazine rings is 1. The SMILES string of the molecule is Cc1ccccc1CN1CCN(C2c3ccccc3-c3ccccc32)CC1. The first-order valence-electron chi connectivity index (χ1n) is 10.0. The Balaban J connectivity index is 1.35. The Morgan fingerprint density at radius 2 is 1.26 bits per heavy atom. The average Bonchev–Trinajstić information content (AvgIpc) is 3.05. The van der Waals surface area contributed by atoms with Crippen LogP contribution in [0.5, 0.6) is 0 Å². The molecule has 1 heterocycles. The van der Waals surface area contributed by atoms with E-state index < -0.39 is 0 Å². The topological polar surface area (TPSA) is 6.48 Å². The fourth-order valence-corrected chi connectivity index (χ4v) is 4.73. The van der Waals surface area contributed by atoms with Crippen LogP contribution in [0.3, 0.4) is 0 Å². The van der Waals surface area contributed by atoms with Crippen molar-refractivity contribution in [3.8, 4) is 11.1 Å². The van der Waals surface area contributed by atoms with Gasteiger partial charge in [0, 0.05) is 32.7 Å². The van der Waals surface area contributed by atoms with Gasteiger partial charge < -0.3 is 0 Å². The van der Waals surface area contributed by atoms with E-state index in [0.717, 1.165) is 32.7 Å². The molecule has 3 aromatic rings. The lowest BCUT2D eigenvalue weighted by molar-refractivity contribution is 0.106. The zero-order valence-electron chi connectivity index (χ0n) is 15.9. The third-order valence-corrected chi connectivity index (χ3v) is 6.23. The molecule has 0 atom stereocenters. The Morgan fingerprint density at radius 3 is 1.89 bits per heavy atom. The van der Waals surface area contributed by atoms with E-state index in [4.69, 9.17) is 0 Å². The first-order valence-corrected chi connectivity index (χ1v) is 10.0. The quantitative estimate of drug-likeness (QED) is 0.661. The lowest BCUT2D eigenvalue weighted by atomic mass is 10.0. The van der Waals surface area contributed by atoms with Gasteiger partial charge in [-0.05, 0) is 40.3 Å². The minimum Gasteiger partial charge on any atom is -0.297 e. The van der Waals surface area contributed by atoms with Gasteiger partial charge >= 0.3 is 0 Å². The second-order valence-electron chi connectivity index (χ2n) is 7.82. The van der Waals surface area contributed by atoms with Crippen molar-refractivity contribution >= 4 is 0 Å². The molecule has 0 unspecified atom stereocenters. The van der Waals surface area contributed by atoms with Crippen LogP contribution in [0.2, 0.25) is 0 Å². The Hall–Kier alpha value is -2.42. The zero-order valence-corrected chi connectivity index (χ0v) is 15.9. The van der Waals surface area contributed by atoms with Gasteiger partial charge in [-0.2, -0.15) is 0 Å². The molecule has 136 valence electrons. The molecule has 2 aliphatic rings. The standard InChI is InChI=1S/C25H26N2/c1-19-8-2-3-9-20(19)18-26-14-16-27(17-15-26)25-23-12-6-4-10-21(23)22-11-5-7-13-24(22)25/h2-13,25H,14-18H2,1H3. The predicted molar refractivity (Wildman–Crippen MR) is 112 cm³/mol. The van der Waals surface area contributed by atoms with E-state index in [1.165, 1.54) is 33.4 Å². The molecule has 5 rings (SSSR count). The summed E-state index contributed by atoms with van der Waals surface area (Å²) in [6.07, 6.45) is 0. The zero-order chi connectivity index (χ0) is 18.2. The second kappa shape index (κ2) is 6.95. The average molecular weight is 354 g/mol. The minimum absolute atomic E-state index is 0.415. The Kier molecular flexibility index (Phi) is 4.31. The van der Waals surface area contributed by atoms with Crippen LogP contribution in [-0.2, 0) is 6.54 Å². The summed E-state index contributed by atoms with van der Waals surface area (Å²) in [5.41, 5.74) is 8.65. The second-order valence-corrected chi connectivity index (χ2v) is 7.82. The molecular weight excluding hydrogens is 328 g/mol. The van der Waals surface area contributed by atoms with Crippen LogP contribution in [0.1, 0.15) is 28.3 Å². The Labute approximate surface area is 162 Å². The van der Waals surface area contributed by atoms with Gasteiger partial charge in [0.25, 0.3) is 0 Å². The first kappa shape index (κ1) is 16.7. The fourth-order valence-electron chi connectivity index (χ4n) is 4.73. The molecule has 1 fully saturated rings. The minimum atomic E-state index is 0.415. The molecule has 1 saturated heterocycles. The van der Waals surface area contributed by atoms with E-state index in [1.807, 2.05) is 0 Å². The molecule has 0 bridgehead atoms. The molecular formula is C25H26N2. The van der Waals surface area contributed by atoms with Crippen molar-refractivity contribution in [3.05, 3.63) is 95.1 Å². The van der Waals surface area contributed by atoms with Gasteiger partial charge in [0.05, 0.1) is 6.04 Å². The molecule has 27 heavy (non-hydrogen) atoms. The van der Waals surface area contributed by atoms with Gasteiger partial charge in [0.1, 0.15) is 0 Å². The monoisotopic (exact) mass is 354 g/mol. The lowest BCUT2D eigenvalue weighted by Gasteiger charge is -2.39. The maximum absolute atomic E-state index is 2.68. The van der Waals surface area contributed by atoms with Crippen molar-refractivity contribution in [2.24, 2.45) is 0 Å². The highest BCUT2D eigenvalue weighted by Crippen LogP contribution is 2.46. The molecule has 0 N–H and O–H groups in total. The van der Waals surface area contributed by atoms with Crippen molar-refractivity contribution in [1.82, 2.24) is 9.80 Å². The number of benzene rings is 3. The van der Waals surface area contributed by atoms with Crippen molar-refractivity contribution in [2.75, 3.05) is 26.2 Å². The third kappa shape index (κ3) is 2.99. The molecule has 1 aliphatic carbocycles. The van der Waals surface area contributed by atoms with Gasteiger partial charge in [0.15, 0.2) is 0 Å². The summed E-state index contributed by atoms with van der Waals surface area (Å²) in [5, 5.41) is 0. The summed E-state index contributed by atoms with van der Waals surface area (Å²) >= 11 is 0. The summed E-state index contributed by atoms with van der Waals surface area (Å²) in [6.45, 7) is 7.80. The summed E-state index contributed by atoms with van der Waals surface area (Å²) in [7, 11) is 0. The molecule has 1 aliphatic heterocycles. The first-order chi connectivity index (χ1) is 13.3. The Bertz CT molecular complexity index is 908.